The molecule has 1 amide bonds. The molecule has 3 aliphatic rings. The molecule has 1 N–H and O–H groups in total. The molecule has 6 heteroatoms. The standard InChI is InChI=1S/C26H32N2O4/c29-26(20-12-14-30-15-13-20)27-16-23-10-11-24-25(32-23)18-28(24)17-19-6-8-22(9-7-19)31-21-4-2-1-3-5-21/h1-9,20,23-25H,10-18H2,(H,27,29)/t23-,24-,25-/m0/s1. The molecule has 0 aromatic heterocycles. The third-order valence-electron chi connectivity index (χ3n) is 6.85. The molecule has 0 aliphatic carbocycles. The van der Waals surface area contributed by atoms with Gasteiger partial charge in [-0.1, -0.05) is 30.3 Å². The molecule has 0 unspecified atom stereocenters. The summed E-state index contributed by atoms with van der Waals surface area (Å²) in [5, 5.41) is 3.11. The van der Waals surface area contributed by atoms with E-state index < -0.39 is 0 Å². The van der Waals surface area contributed by atoms with E-state index in [2.05, 4.69) is 22.3 Å². The minimum Gasteiger partial charge on any atom is -0.457 e. The summed E-state index contributed by atoms with van der Waals surface area (Å²) in [6.45, 7) is 3.90. The maximum Gasteiger partial charge on any atom is 0.223 e. The number of para-hydroxylation sites is 1. The average Bonchev–Trinajstić information content (AvgIpc) is 2.83. The van der Waals surface area contributed by atoms with Gasteiger partial charge in [-0.2, -0.15) is 0 Å². The quantitative estimate of drug-likeness (QED) is 0.716. The third-order valence-corrected chi connectivity index (χ3v) is 6.85. The van der Waals surface area contributed by atoms with Gasteiger partial charge in [0.2, 0.25) is 5.91 Å². The zero-order valence-electron chi connectivity index (χ0n) is 18.4. The number of carbonyl (C=O) groups is 1. The lowest BCUT2D eigenvalue weighted by Gasteiger charge is -2.52. The summed E-state index contributed by atoms with van der Waals surface area (Å²) >= 11 is 0. The molecule has 32 heavy (non-hydrogen) atoms. The Morgan fingerprint density at radius 3 is 2.47 bits per heavy atom. The van der Waals surface area contributed by atoms with Crippen molar-refractivity contribution in [3.05, 3.63) is 60.2 Å². The Kier molecular flexibility index (Phi) is 6.72. The molecule has 170 valence electrons. The van der Waals surface area contributed by atoms with Gasteiger partial charge in [-0.05, 0) is 55.5 Å². The first kappa shape index (κ1) is 21.4. The number of nitrogens with one attached hydrogen (secondary N) is 1. The van der Waals surface area contributed by atoms with Crippen molar-refractivity contribution in [3.63, 3.8) is 0 Å². The molecular formula is C26H32N2O4. The number of ether oxygens (including phenoxy) is 3. The summed E-state index contributed by atoms with van der Waals surface area (Å²) in [5.74, 6) is 1.97. The van der Waals surface area contributed by atoms with E-state index in [4.69, 9.17) is 14.2 Å². The van der Waals surface area contributed by atoms with E-state index in [1.807, 2.05) is 42.5 Å². The number of fused-ring (bicyclic) bond motifs is 1. The van der Waals surface area contributed by atoms with Crippen LogP contribution >= 0.6 is 0 Å². The van der Waals surface area contributed by atoms with Crippen LogP contribution < -0.4 is 10.1 Å². The van der Waals surface area contributed by atoms with Crippen LogP contribution in [0.2, 0.25) is 0 Å². The summed E-state index contributed by atoms with van der Waals surface area (Å²) in [7, 11) is 0. The number of amides is 1. The Morgan fingerprint density at radius 2 is 1.72 bits per heavy atom. The van der Waals surface area contributed by atoms with E-state index in [9.17, 15) is 4.79 Å². The highest BCUT2D eigenvalue weighted by Gasteiger charge is 2.43. The van der Waals surface area contributed by atoms with Gasteiger partial charge in [0.1, 0.15) is 11.5 Å². The Balaban J connectivity index is 1.05. The fourth-order valence-electron chi connectivity index (χ4n) is 4.93. The number of hydrogen-bond donors (Lipinski definition) is 1. The molecule has 5 rings (SSSR count). The zero-order valence-corrected chi connectivity index (χ0v) is 18.4. The fourth-order valence-corrected chi connectivity index (χ4v) is 4.93. The molecule has 0 radical (unpaired) electrons. The van der Waals surface area contributed by atoms with Crippen LogP contribution in [0.1, 0.15) is 31.2 Å². The first-order chi connectivity index (χ1) is 15.7. The fraction of sp³-hybridized carbons (Fsp3) is 0.500. The van der Waals surface area contributed by atoms with Crippen molar-refractivity contribution in [1.29, 1.82) is 0 Å². The predicted molar refractivity (Wildman–Crippen MR) is 122 cm³/mol. The highest BCUT2D eigenvalue weighted by atomic mass is 16.5. The van der Waals surface area contributed by atoms with Gasteiger partial charge in [0.15, 0.2) is 0 Å². The van der Waals surface area contributed by atoms with Gasteiger partial charge in [0.25, 0.3) is 0 Å². The highest BCUT2D eigenvalue weighted by Crippen LogP contribution is 2.33. The summed E-state index contributed by atoms with van der Waals surface area (Å²) in [5.41, 5.74) is 1.29. The minimum atomic E-state index is 0.101. The largest absolute Gasteiger partial charge is 0.457 e. The molecule has 3 heterocycles. The number of rotatable bonds is 7. The maximum atomic E-state index is 12.3. The second kappa shape index (κ2) is 10.0. The zero-order chi connectivity index (χ0) is 21.8. The van der Waals surface area contributed by atoms with Gasteiger partial charge in [0.05, 0.1) is 12.2 Å². The molecule has 0 saturated carbocycles. The smallest absolute Gasteiger partial charge is 0.223 e. The number of nitrogens with zero attached hydrogens (tertiary/aromatic N) is 1. The molecule has 0 bridgehead atoms. The van der Waals surface area contributed by atoms with Crippen molar-refractivity contribution in [3.8, 4) is 11.5 Å². The van der Waals surface area contributed by atoms with Gasteiger partial charge >= 0.3 is 0 Å². The van der Waals surface area contributed by atoms with Gasteiger partial charge in [0, 0.05) is 44.8 Å². The number of hydrogen-bond acceptors (Lipinski definition) is 5. The molecule has 3 fully saturated rings. The summed E-state index contributed by atoms with van der Waals surface area (Å²) in [4.78, 5) is 14.8. The lowest BCUT2D eigenvalue weighted by molar-refractivity contribution is -0.170. The van der Waals surface area contributed by atoms with Crippen LogP contribution in [0.5, 0.6) is 11.5 Å². The van der Waals surface area contributed by atoms with Crippen LogP contribution in [-0.4, -0.2) is 55.4 Å². The van der Waals surface area contributed by atoms with E-state index in [-0.39, 0.29) is 24.0 Å². The summed E-state index contributed by atoms with van der Waals surface area (Å²) in [6.07, 6.45) is 4.20. The Hall–Kier alpha value is -2.41. The average molecular weight is 437 g/mol. The molecule has 2 aromatic carbocycles. The molecule has 6 nitrogen and oxygen atoms in total. The van der Waals surface area contributed by atoms with Crippen molar-refractivity contribution < 1.29 is 19.0 Å². The van der Waals surface area contributed by atoms with Crippen LogP contribution in [0.4, 0.5) is 0 Å². The van der Waals surface area contributed by atoms with E-state index in [1.165, 1.54) is 5.56 Å². The van der Waals surface area contributed by atoms with Crippen molar-refractivity contribution in [2.24, 2.45) is 5.92 Å². The van der Waals surface area contributed by atoms with Crippen LogP contribution in [-0.2, 0) is 20.8 Å². The first-order valence-electron chi connectivity index (χ1n) is 11.8. The highest BCUT2D eigenvalue weighted by molar-refractivity contribution is 5.78. The van der Waals surface area contributed by atoms with Gasteiger partial charge in [-0.3, -0.25) is 9.69 Å². The van der Waals surface area contributed by atoms with Crippen LogP contribution in [0, 0.1) is 5.92 Å². The topological polar surface area (TPSA) is 60.0 Å². The summed E-state index contributed by atoms with van der Waals surface area (Å²) in [6, 6.07) is 18.7. The lowest BCUT2D eigenvalue weighted by atomic mass is 9.89. The van der Waals surface area contributed by atoms with Gasteiger partial charge < -0.3 is 19.5 Å². The van der Waals surface area contributed by atoms with Crippen LogP contribution in [0.15, 0.2) is 54.6 Å². The van der Waals surface area contributed by atoms with E-state index in [1.54, 1.807) is 0 Å². The van der Waals surface area contributed by atoms with E-state index in [0.717, 1.165) is 50.3 Å². The van der Waals surface area contributed by atoms with Crippen molar-refractivity contribution in [2.75, 3.05) is 26.3 Å². The second-order valence-corrected chi connectivity index (χ2v) is 9.06. The number of likely N-dealkylation sites (tertiary alicyclic amines) is 1. The van der Waals surface area contributed by atoms with Gasteiger partial charge in [-0.15, -0.1) is 0 Å². The van der Waals surface area contributed by atoms with Crippen molar-refractivity contribution in [2.45, 2.75) is 50.5 Å². The number of carbonyl (C=O) groups excluding carboxylic acids is 1. The SMILES string of the molecule is O=C(NC[C@@H]1CC[C@H]2[C@H](CN2Cc2ccc(Oc3ccccc3)cc2)O1)C1CCOCC1. The third kappa shape index (κ3) is 5.14. The lowest BCUT2D eigenvalue weighted by Crippen LogP contribution is -2.64. The van der Waals surface area contributed by atoms with E-state index in [0.29, 0.717) is 25.8 Å². The monoisotopic (exact) mass is 436 g/mol. The van der Waals surface area contributed by atoms with Crippen LogP contribution in [0.3, 0.4) is 0 Å². The van der Waals surface area contributed by atoms with Crippen LogP contribution in [0.25, 0.3) is 0 Å². The molecule has 2 aromatic rings. The molecule has 3 saturated heterocycles. The normalized spacial score (nSPS) is 26.1. The second-order valence-electron chi connectivity index (χ2n) is 9.06. The minimum absolute atomic E-state index is 0.101. The molecule has 3 atom stereocenters. The summed E-state index contributed by atoms with van der Waals surface area (Å²) < 4.78 is 17.5. The van der Waals surface area contributed by atoms with Crippen molar-refractivity contribution in [1.82, 2.24) is 10.2 Å². The van der Waals surface area contributed by atoms with E-state index >= 15 is 0 Å². The first-order valence-corrected chi connectivity index (χ1v) is 11.8. The Bertz CT molecular complexity index is 882. The Morgan fingerprint density at radius 1 is 0.969 bits per heavy atom. The molecule has 3 aliphatic heterocycles. The predicted octanol–water partition coefficient (Wildman–Crippen LogP) is 3.75. The molecular weight excluding hydrogens is 404 g/mol. The number of benzene rings is 2. The maximum absolute atomic E-state index is 12.3. The molecule has 0 spiro atoms. The van der Waals surface area contributed by atoms with Crippen molar-refractivity contribution >= 4 is 5.91 Å². The van der Waals surface area contributed by atoms with Gasteiger partial charge in [-0.25, -0.2) is 0 Å². The Labute approximate surface area is 189 Å².